The largest absolute Gasteiger partial charge is 0.466 e. The number of amides is 1. The van der Waals surface area contributed by atoms with Gasteiger partial charge in [-0.3, -0.25) is 4.79 Å². The molecule has 0 radical (unpaired) electrons. The average molecular weight is 304 g/mol. The van der Waals surface area contributed by atoms with Gasteiger partial charge in [-0.25, -0.2) is 0 Å². The number of aryl methyl sites for hydroxylation is 2. The molecule has 1 unspecified atom stereocenters. The Kier molecular flexibility index (Phi) is 4.96. The highest BCUT2D eigenvalue weighted by Crippen LogP contribution is 2.31. The van der Waals surface area contributed by atoms with E-state index in [-0.39, 0.29) is 17.7 Å². The van der Waals surface area contributed by atoms with Crippen LogP contribution in [0.4, 0.5) is 5.69 Å². The van der Waals surface area contributed by atoms with E-state index in [9.17, 15) is 4.79 Å². The highest BCUT2D eigenvalue weighted by molar-refractivity contribution is 8.00. The molecule has 1 aromatic carbocycles. The van der Waals surface area contributed by atoms with E-state index in [1.807, 2.05) is 44.2 Å². The van der Waals surface area contributed by atoms with Crippen LogP contribution in [0.5, 0.6) is 0 Å². The monoisotopic (exact) mass is 304 g/mol. The van der Waals surface area contributed by atoms with Crippen LogP contribution in [0.25, 0.3) is 0 Å². The standard InChI is InChI=1S/C16H20N2O2S/c1-10-8-13(12(3)20-10)11(2)18-14-6-4-5-7-15(14)21-9-16(17)19/h4-8,11,18H,9H2,1-3H3,(H2,17,19). The number of nitrogens with two attached hydrogens (primary N) is 1. The lowest BCUT2D eigenvalue weighted by molar-refractivity contribution is -0.115. The number of primary amides is 1. The summed E-state index contributed by atoms with van der Waals surface area (Å²) in [5.74, 6) is 1.79. The number of carbonyl (C=O) groups excluding carboxylic acids is 1. The van der Waals surface area contributed by atoms with Crippen molar-refractivity contribution in [1.29, 1.82) is 0 Å². The van der Waals surface area contributed by atoms with Crippen molar-refractivity contribution in [1.82, 2.24) is 0 Å². The molecule has 1 heterocycles. The van der Waals surface area contributed by atoms with Gasteiger partial charge in [-0.2, -0.15) is 0 Å². The lowest BCUT2D eigenvalue weighted by atomic mass is 10.1. The van der Waals surface area contributed by atoms with Crippen molar-refractivity contribution in [2.45, 2.75) is 31.7 Å². The fourth-order valence-electron chi connectivity index (χ4n) is 2.25. The molecule has 112 valence electrons. The second-order valence-corrected chi connectivity index (χ2v) is 6.00. The van der Waals surface area contributed by atoms with Crippen LogP contribution in [0.2, 0.25) is 0 Å². The van der Waals surface area contributed by atoms with Crippen molar-refractivity contribution >= 4 is 23.4 Å². The summed E-state index contributed by atoms with van der Waals surface area (Å²) in [5.41, 5.74) is 7.35. The first-order valence-electron chi connectivity index (χ1n) is 6.81. The molecule has 2 aromatic rings. The Morgan fingerprint density at radius 2 is 2.10 bits per heavy atom. The maximum absolute atomic E-state index is 10.9. The van der Waals surface area contributed by atoms with Gasteiger partial charge in [0.1, 0.15) is 11.5 Å². The third kappa shape index (κ3) is 4.04. The summed E-state index contributed by atoms with van der Waals surface area (Å²) in [6, 6.07) is 10.1. The molecule has 0 bridgehead atoms. The van der Waals surface area contributed by atoms with Crippen molar-refractivity contribution < 1.29 is 9.21 Å². The first-order valence-corrected chi connectivity index (χ1v) is 7.79. The van der Waals surface area contributed by atoms with Gasteiger partial charge in [-0.15, -0.1) is 11.8 Å². The van der Waals surface area contributed by atoms with Gasteiger partial charge in [0.05, 0.1) is 11.8 Å². The first kappa shape index (κ1) is 15.5. The summed E-state index contributed by atoms with van der Waals surface area (Å²) < 4.78 is 5.58. The highest BCUT2D eigenvalue weighted by Gasteiger charge is 2.14. The summed E-state index contributed by atoms with van der Waals surface area (Å²) in [6.45, 7) is 6.00. The number of benzene rings is 1. The van der Waals surface area contributed by atoms with Gasteiger partial charge >= 0.3 is 0 Å². The number of hydrogen-bond donors (Lipinski definition) is 2. The van der Waals surface area contributed by atoms with Crippen LogP contribution in [0.1, 0.15) is 30.0 Å². The molecule has 0 saturated carbocycles. The quantitative estimate of drug-likeness (QED) is 0.799. The summed E-state index contributed by atoms with van der Waals surface area (Å²) >= 11 is 1.44. The van der Waals surface area contributed by atoms with Gasteiger partial charge in [0, 0.05) is 16.1 Å². The normalized spacial score (nSPS) is 12.1. The van der Waals surface area contributed by atoms with Crippen molar-refractivity contribution in [2.24, 2.45) is 5.73 Å². The van der Waals surface area contributed by atoms with Crippen LogP contribution < -0.4 is 11.1 Å². The summed E-state index contributed by atoms with van der Waals surface area (Å²) in [5, 5.41) is 3.47. The Morgan fingerprint density at radius 3 is 2.71 bits per heavy atom. The number of carbonyl (C=O) groups is 1. The SMILES string of the molecule is Cc1cc(C(C)Nc2ccccc2SCC(N)=O)c(C)o1. The Balaban J connectivity index is 2.15. The Morgan fingerprint density at radius 1 is 1.38 bits per heavy atom. The molecule has 1 amide bonds. The molecular weight excluding hydrogens is 284 g/mol. The molecule has 0 aliphatic rings. The fraction of sp³-hybridized carbons (Fsp3) is 0.312. The molecule has 2 rings (SSSR count). The zero-order chi connectivity index (χ0) is 15.4. The number of anilines is 1. The topological polar surface area (TPSA) is 68.3 Å². The van der Waals surface area contributed by atoms with E-state index < -0.39 is 0 Å². The number of hydrogen-bond acceptors (Lipinski definition) is 4. The molecule has 21 heavy (non-hydrogen) atoms. The highest BCUT2D eigenvalue weighted by atomic mass is 32.2. The minimum atomic E-state index is -0.316. The molecule has 0 aliphatic carbocycles. The number of thioether (sulfide) groups is 1. The van der Waals surface area contributed by atoms with Crippen molar-refractivity contribution in [3.63, 3.8) is 0 Å². The van der Waals surface area contributed by atoms with Gasteiger partial charge in [-0.1, -0.05) is 12.1 Å². The minimum Gasteiger partial charge on any atom is -0.466 e. The Labute approximate surface area is 129 Å². The maximum atomic E-state index is 10.9. The zero-order valence-electron chi connectivity index (χ0n) is 12.5. The molecule has 1 atom stereocenters. The lowest BCUT2D eigenvalue weighted by Crippen LogP contribution is -2.13. The molecule has 1 aromatic heterocycles. The predicted octanol–water partition coefficient (Wildman–Crippen LogP) is 3.65. The molecule has 0 fully saturated rings. The van der Waals surface area contributed by atoms with E-state index in [2.05, 4.69) is 12.2 Å². The predicted molar refractivity (Wildman–Crippen MR) is 86.6 cm³/mol. The minimum absolute atomic E-state index is 0.123. The van der Waals surface area contributed by atoms with Crippen LogP contribution in [0.15, 0.2) is 39.6 Å². The van der Waals surface area contributed by atoms with Crippen LogP contribution in [0.3, 0.4) is 0 Å². The van der Waals surface area contributed by atoms with Crippen molar-refractivity contribution in [2.75, 3.05) is 11.1 Å². The lowest BCUT2D eigenvalue weighted by Gasteiger charge is -2.17. The van der Waals surface area contributed by atoms with Gasteiger partial charge in [0.2, 0.25) is 5.91 Å². The van der Waals surface area contributed by atoms with E-state index in [4.69, 9.17) is 10.2 Å². The molecule has 4 nitrogen and oxygen atoms in total. The Hall–Kier alpha value is -1.88. The second kappa shape index (κ2) is 6.72. The molecular formula is C16H20N2O2S. The number of rotatable bonds is 6. The van der Waals surface area contributed by atoms with Crippen LogP contribution in [-0.2, 0) is 4.79 Å². The van der Waals surface area contributed by atoms with E-state index in [1.54, 1.807) is 0 Å². The van der Waals surface area contributed by atoms with Crippen molar-refractivity contribution in [3.8, 4) is 0 Å². The van der Waals surface area contributed by atoms with E-state index in [0.717, 1.165) is 27.7 Å². The van der Waals surface area contributed by atoms with E-state index >= 15 is 0 Å². The molecule has 5 heteroatoms. The smallest absolute Gasteiger partial charge is 0.227 e. The van der Waals surface area contributed by atoms with Crippen molar-refractivity contribution in [3.05, 3.63) is 47.4 Å². The Bertz CT molecular complexity index is 637. The van der Waals surface area contributed by atoms with Gasteiger partial charge in [-0.05, 0) is 39.0 Å². The third-order valence-corrected chi connectivity index (χ3v) is 4.27. The van der Waals surface area contributed by atoms with Crippen LogP contribution in [0, 0.1) is 13.8 Å². The molecule has 0 saturated heterocycles. The van der Waals surface area contributed by atoms with E-state index in [0.29, 0.717) is 0 Å². The summed E-state index contributed by atoms with van der Waals surface area (Å²) in [4.78, 5) is 12.0. The van der Waals surface area contributed by atoms with Gasteiger partial charge < -0.3 is 15.5 Å². The third-order valence-electron chi connectivity index (χ3n) is 3.17. The van der Waals surface area contributed by atoms with Crippen LogP contribution >= 0.6 is 11.8 Å². The van der Waals surface area contributed by atoms with Gasteiger partial charge in [0.25, 0.3) is 0 Å². The first-order chi connectivity index (χ1) is 9.97. The van der Waals surface area contributed by atoms with Gasteiger partial charge in [0.15, 0.2) is 0 Å². The van der Waals surface area contributed by atoms with E-state index in [1.165, 1.54) is 11.8 Å². The second-order valence-electron chi connectivity index (χ2n) is 4.99. The maximum Gasteiger partial charge on any atom is 0.227 e. The molecule has 3 N–H and O–H groups in total. The molecule has 0 aliphatic heterocycles. The fourth-order valence-corrected chi connectivity index (χ4v) is 3.01. The number of para-hydroxylation sites is 1. The van der Waals surface area contributed by atoms with Crippen LogP contribution in [-0.4, -0.2) is 11.7 Å². The average Bonchev–Trinajstić information content (AvgIpc) is 2.76. The summed E-state index contributed by atoms with van der Waals surface area (Å²) in [6.07, 6.45) is 0. The summed E-state index contributed by atoms with van der Waals surface area (Å²) in [7, 11) is 0. The number of furan rings is 1. The number of nitrogens with one attached hydrogen (secondary N) is 1. The zero-order valence-corrected chi connectivity index (χ0v) is 13.3. The molecule has 0 spiro atoms.